The first kappa shape index (κ1) is 11.1. The van der Waals surface area contributed by atoms with Crippen LogP contribution in [0.1, 0.15) is 0 Å². The lowest BCUT2D eigenvalue weighted by Gasteiger charge is -2.07. The average molecular weight is 175 g/mol. The van der Waals surface area contributed by atoms with Crippen molar-refractivity contribution in [2.45, 2.75) is 0 Å². The summed E-state index contributed by atoms with van der Waals surface area (Å²) < 4.78 is 0. The molecule has 0 fully saturated rings. The average Bonchev–Trinajstić information content (AvgIpc) is 2.12. The summed E-state index contributed by atoms with van der Waals surface area (Å²) in [7, 11) is 1.41. The molecule has 0 spiro atoms. The van der Waals surface area contributed by atoms with Crippen molar-refractivity contribution in [2.24, 2.45) is 0 Å². The van der Waals surface area contributed by atoms with Crippen LogP contribution in [0.15, 0.2) is 11.1 Å². The molecule has 0 unspecified atom stereocenters. The fourth-order valence-electron chi connectivity index (χ4n) is 0.736. The van der Waals surface area contributed by atoms with Crippen LogP contribution in [0.4, 0.5) is 0 Å². The van der Waals surface area contributed by atoms with Crippen LogP contribution in [0, 0.1) is 0 Å². The summed E-state index contributed by atoms with van der Waals surface area (Å²) in [6, 6.07) is 0. The van der Waals surface area contributed by atoms with Crippen LogP contribution >= 0.6 is 0 Å². The van der Waals surface area contributed by atoms with E-state index in [1.807, 2.05) is 0 Å². The van der Waals surface area contributed by atoms with Crippen LogP contribution in [0.2, 0.25) is 0 Å². The largest absolute Gasteiger partial charge is 0.392 e. The molecule has 0 rings (SSSR count). The number of aliphatic hydroxyl groups is 3. The van der Waals surface area contributed by atoms with Gasteiger partial charge < -0.3 is 20.6 Å². The van der Waals surface area contributed by atoms with E-state index in [9.17, 15) is 4.79 Å². The molecule has 0 saturated carbocycles. The molecule has 0 aliphatic rings. The minimum atomic E-state index is -0.490. The molecule has 12 heavy (non-hydrogen) atoms. The zero-order valence-electron chi connectivity index (χ0n) is 6.87. The molecule has 5 nitrogen and oxygen atoms in total. The fourth-order valence-corrected chi connectivity index (χ4v) is 0.736. The number of aliphatic hydroxyl groups excluding tert-OH is 3. The Labute approximate surface area is 70.3 Å². The second-order valence-corrected chi connectivity index (χ2v) is 2.14. The van der Waals surface area contributed by atoms with Gasteiger partial charge >= 0.3 is 0 Å². The summed E-state index contributed by atoms with van der Waals surface area (Å²) in [4.78, 5) is 11.0. The minimum absolute atomic E-state index is 0.0162. The number of carbonyl (C=O) groups excluding carboxylic acids is 1. The highest BCUT2D eigenvalue weighted by Crippen LogP contribution is 2.02. The molecule has 0 radical (unpaired) electrons. The van der Waals surface area contributed by atoms with E-state index in [2.05, 4.69) is 5.32 Å². The van der Waals surface area contributed by atoms with Crippen LogP contribution in [-0.2, 0) is 4.79 Å². The van der Waals surface area contributed by atoms with Gasteiger partial charge in [0.2, 0.25) is 5.91 Å². The van der Waals surface area contributed by atoms with Crippen LogP contribution in [0.3, 0.4) is 0 Å². The number of carbonyl (C=O) groups is 1. The van der Waals surface area contributed by atoms with Gasteiger partial charge in [-0.3, -0.25) is 4.79 Å². The van der Waals surface area contributed by atoms with Gasteiger partial charge in [0.25, 0.3) is 0 Å². The second-order valence-electron chi connectivity index (χ2n) is 2.14. The van der Waals surface area contributed by atoms with Crippen molar-refractivity contribution in [3.63, 3.8) is 0 Å². The van der Waals surface area contributed by atoms with Gasteiger partial charge in [0.15, 0.2) is 0 Å². The predicted molar refractivity (Wildman–Crippen MR) is 42.4 cm³/mol. The predicted octanol–water partition coefficient (Wildman–Crippen LogP) is -1.99. The molecule has 4 N–H and O–H groups in total. The molecule has 0 aromatic heterocycles. The zero-order valence-corrected chi connectivity index (χ0v) is 6.87. The van der Waals surface area contributed by atoms with Crippen LogP contribution in [0.25, 0.3) is 0 Å². The van der Waals surface area contributed by atoms with E-state index in [0.717, 1.165) is 0 Å². The van der Waals surface area contributed by atoms with Crippen LogP contribution in [-0.4, -0.2) is 48.1 Å². The lowest BCUT2D eigenvalue weighted by atomic mass is 10.1. The van der Waals surface area contributed by atoms with E-state index < -0.39 is 25.7 Å². The van der Waals surface area contributed by atoms with E-state index >= 15 is 0 Å². The molecule has 0 aliphatic heterocycles. The quantitative estimate of drug-likeness (QED) is 0.372. The van der Waals surface area contributed by atoms with E-state index in [-0.39, 0.29) is 11.1 Å². The highest BCUT2D eigenvalue weighted by molar-refractivity contribution is 5.94. The first-order chi connectivity index (χ1) is 5.71. The fraction of sp³-hybridized carbons (Fsp3) is 0.571. The standard InChI is InChI=1S/C7H13NO4/c1-8-7(12)6(4-11)5(2-9)3-10/h9-11H,2-4H2,1H3,(H,8,12). The Bertz CT molecular complexity index is 182. The number of nitrogens with one attached hydrogen (secondary N) is 1. The molecule has 70 valence electrons. The van der Waals surface area contributed by atoms with E-state index in [1.165, 1.54) is 7.05 Å². The lowest BCUT2D eigenvalue weighted by molar-refractivity contribution is -0.117. The molecule has 1 amide bonds. The zero-order chi connectivity index (χ0) is 9.56. The Morgan fingerprint density at radius 1 is 1.17 bits per heavy atom. The molecule has 0 bridgehead atoms. The van der Waals surface area contributed by atoms with Gasteiger partial charge in [-0.25, -0.2) is 0 Å². The smallest absolute Gasteiger partial charge is 0.249 e. The summed E-state index contributed by atoms with van der Waals surface area (Å²) >= 11 is 0. The Morgan fingerprint density at radius 3 is 1.92 bits per heavy atom. The third kappa shape index (κ3) is 2.61. The minimum Gasteiger partial charge on any atom is -0.392 e. The Balaban J connectivity index is 4.68. The van der Waals surface area contributed by atoms with Crippen molar-refractivity contribution in [3.05, 3.63) is 11.1 Å². The first-order valence-corrected chi connectivity index (χ1v) is 3.46. The summed E-state index contributed by atoms with van der Waals surface area (Å²) in [6.45, 7) is -1.35. The molecule has 0 aliphatic carbocycles. The number of likely N-dealkylation sites (N-methyl/N-ethyl adjacent to an activating group) is 1. The van der Waals surface area contributed by atoms with Crippen molar-refractivity contribution in [1.82, 2.24) is 5.32 Å². The Morgan fingerprint density at radius 2 is 1.67 bits per heavy atom. The van der Waals surface area contributed by atoms with Crippen molar-refractivity contribution < 1.29 is 20.1 Å². The molecule has 5 heteroatoms. The van der Waals surface area contributed by atoms with Gasteiger partial charge in [-0.05, 0) is 5.57 Å². The number of amides is 1. The summed E-state index contributed by atoms with van der Waals surface area (Å²) in [5, 5.41) is 28.3. The normalized spacial score (nSPS) is 9.33. The summed E-state index contributed by atoms with van der Waals surface area (Å²) in [5.41, 5.74) is 0.152. The van der Waals surface area contributed by atoms with Gasteiger partial charge in [0.05, 0.1) is 19.8 Å². The molecular formula is C7H13NO4. The van der Waals surface area contributed by atoms with Gasteiger partial charge in [0, 0.05) is 12.6 Å². The maximum absolute atomic E-state index is 11.0. The number of rotatable bonds is 4. The molecule has 0 saturated heterocycles. The number of hydrogen-bond donors (Lipinski definition) is 4. The third-order valence-corrected chi connectivity index (χ3v) is 1.47. The van der Waals surface area contributed by atoms with Crippen molar-refractivity contribution >= 4 is 5.91 Å². The second kappa shape index (κ2) is 5.70. The maximum Gasteiger partial charge on any atom is 0.249 e. The highest BCUT2D eigenvalue weighted by atomic mass is 16.3. The summed E-state index contributed by atoms with van der Waals surface area (Å²) in [6.07, 6.45) is 0. The molecule has 0 aromatic rings. The summed E-state index contributed by atoms with van der Waals surface area (Å²) in [5.74, 6) is -0.490. The highest BCUT2D eigenvalue weighted by Gasteiger charge is 2.11. The molecular weight excluding hydrogens is 162 g/mol. The lowest BCUT2D eigenvalue weighted by Crippen LogP contribution is -2.25. The molecule has 0 aromatic carbocycles. The van der Waals surface area contributed by atoms with E-state index in [0.29, 0.717) is 0 Å². The third-order valence-electron chi connectivity index (χ3n) is 1.47. The van der Waals surface area contributed by atoms with Crippen LogP contribution < -0.4 is 5.32 Å². The van der Waals surface area contributed by atoms with Crippen LogP contribution in [0.5, 0.6) is 0 Å². The van der Waals surface area contributed by atoms with Gasteiger partial charge in [-0.2, -0.15) is 0 Å². The Hall–Kier alpha value is -0.910. The van der Waals surface area contributed by atoms with E-state index in [4.69, 9.17) is 15.3 Å². The topological polar surface area (TPSA) is 89.8 Å². The van der Waals surface area contributed by atoms with Gasteiger partial charge in [0.1, 0.15) is 0 Å². The van der Waals surface area contributed by atoms with Gasteiger partial charge in [-0.15, -0.1) is 0 Å². The maximum atomic E-state index is 11.0. The van der Waals surface area contributed by atoms with Crippen molar-refractivity contribution in [2.75, 3.05) is 26.9 Å². The monoisotopic (exact) mass is 175 g/mol. The van der Waals surface area contributed by atoms with Crippen molar-refractivity contribution in [1.29, 1.82) is 0 Å². The van der Waals surface area contributed by atoms with E-state index in [1.54, 1.807) is 0 Å². The first-order valence-electron chi connectivity index (χ1n) is 3.46. The molecule has 0 atom stereocenters. The Kier molecular flexibility index (Phi) is 5.27. The van der Waals surface area contributed by atoms with Gasteiger partial charge in [-0.1, -0.05) is 0 Å². The number of hydrogen-bond acceptors (Lipinski definition) is 4. The SMILES string of the molecule is CNC(=O)C(CO)=C(CO)CO. The molecule has 0 heterocycles. The van der Waals surface area contributed by atoms with Crippen molar-refractivity contribution in [3.8, 4) is 0 Å².